The van der Waals surface area contributed by atoms with Gasteiger partial charge >= 0.3 is 0 Å². The lowest BCUT2D eigenvalue weighted by atomic mass is 9.93. The predicted octanol–water partition coefficient (Wildman–Crippen LogP) is 1.41. The standard InChI is InChI=1S/C9H15NO/c1-7-4-5-10-8(6-7)2-3-9(10)11/h7-8H,2-6H2,1H3. The number of hydrogen-bond donors (Lipinski definition) is 0. The Kier molecular flexibility index (Phi) is 1.63. The number of piperidine rings is 1. The van der Waals surface area contributed by atoms with Gasteiger partial charge in [-0.1, -0.05) is 6.92 Å². The van der Waals surface area contributed by atoms with Crippen LogP contribution in [0.25, 0.3) is 0 Å². The molecule has 0 spiro atoms. The van der Waals surface area contributed by atoms with Crippen LogP contribution in [0, 0.1) is 5.92 Å². The second-order valence-electron chi connectivity index (χ2n) is 3.91. The quantitative estimate of drug-likeness (QED) is 0.515. The van der Waals surface area contributed by atoms with E-state index in [9.17, 15) is 4.79 Å². The zero-order chi connectivity index (χ0) is 7.84. The molecule has 2 aliphatic rings. The van der Waals surface area contributed by atoms with Crippen molar-refractivity contribution in [3.63, 3.8) is 0 Å². The Labute approximate surface area is 67.6 Å². The number of carbonyl (C=O) groups is 1. The summed E-state index contributed by atoms with van der Waals surface area (Å²) in [5.41, 5.74) is 0. The summed E-state index contributed by atoms with van der Waals surface area (Å²) in [4.78, 5) is 13.3. The third kappa shape index (κ3) is 1.15. The van der Waals surface area contributed by atoms with Gasteiger partial charge in [0.25, 0.3) is 0 Å². The van der Waals surface area contributed by atoms with E-state index in [2.05, 4.69) is 11.8 Å². The first-order chi connectivity index (χ1) is 5.27. The maximum absolute atomic E-state index is 11.2. The molecule has 0 radical (unpaired) electrons. The number of fused-ring (bicyclic) bond motifs is 1. The first kappa shape index (κ1) is 7.14. The van der Waals surface area contributed by atoms with Crippen LogP contribution in [0.3, 0.4) is 0 Å². The van der Waals surface area contributed by atoms with Gasteiger partial charge in [-0.05, 0) is 25.2 Å². The highest BCUT2D eigenvalue weighted by Crippen LogP contribution is 2.30. The average Bonchev–Trinajstić information content (AvgIpc) is 2.32. The van der Waals surface area contributed by atoms with Crippen molar-refractivity contribution in [2.75, 3.05) is 6.54 Å². The fourth-order valence-corrected chi connectivity index (χ4v) is 2.29. The van der Waals surface area contributed by atoms with Gasteiger partial charge in [0.05, 0.1) is 0 Å². The second kappa shape index (κ2) is 2.50. The minimum Gasteiger partial charge on any atom is -0.340 e. The van der Waals surface area contributed by atoms with Gasteiger partial charge < -0.3 is 4.90 Å². The second-order valence-corrected chi connectivity index (χ2v) is 3.91. The van der Waals surface area contributed by atoms with Crippen molar-refractivity contribution < 1.29 is 4.79 Å². The number of hydrogen-bond acceptors (Lipinski definition) is 1. The van der Waals surface area contributed by atoms with Gasteiger partial charge in [-0.2, -0.15) is 0 Å². The lowest BCUT2D eigenvalue weighted by molar-refractivity contribution is -0.130. The predicted molar refractivity (Wildman–Crippen MR) is 43.1 cm³/mol. The fraction of sp³-hybridized carbons (Fsp3) is 0.889. The van der Waals surface area contributed by atoms with Crippen LogP contribution in [0.2, 0.25) is 0 Å². The Morgan fingerprint density at radius 1 is 1.45 bits per heavy atom. The molecule has 11 heavy (non-hydrogen) atoms. The molecule has 2 atom stereocenters. The molecule has 0 aromatic heterocycles. The molecule has 2 heterocycles. The smallest absolute Gasteiger partial charge is 0.222 e. The van der Waals surface area contributed by atoms with E-state index in [1.165, 1.54) is 12.8 Å². The Hall–Kier alpha value is -0.530. The van der Waals surface area contributed by atoms with E-state index in [4.69, 9.17) is 0 Å². The van der Waals surface area contributed by atoms with Gasteiger partial charge in [-0.25, -0.2) is 0 Å². The third-order valence-corrected chi connectivity index (χ3v) is 2.99. The molecule has 62 valence electrons. The highest BCUT2D eigenvalue weighted by Gasteiger charge is 2.34. The Balaban J connectivity index is 2.06. The van der Waals surface area contributed by atoms with E-state index in [-0.39, 0.29) is 0 Å². The molecular weight excluding hydrogens is 138 g/mol. The van der Waals surface area contributed by atoms with Crippen LogP contribution in [0.15, 0.2) is 0 Å². The summed E-state index contributed by atoms with van der Waals surface area (Å²) in [6.07, 6.45) is 4.37. The van der Waals surface area contributed by atoms with E-state index >= 15 is 0 Å². The van der Waals surface area contributed by atoms with E-state index in [0.29, 0.717) is 11.9 Å². The normalized spacial score (nSPS) is 37.5. The molecule has 0 aromatic carbocycles. The van der Waals surface area contributed by atoms with Crippen LogP contribution in [-0.4, -0.2) is 23.4 Å². The summed E-state index contributed by atoms with van der Waals surface area (Å²) in [6.45, 7) is 3.31. The Morgan fingerprint density at radius 2 is 2.27 bits per heavy atom. The first-order valence-corrected chi connectivity index (χ1v) is 4.57. The summed E-state index contributed by atoms with van der Waals surface area (Å²) in [5, 5.41) is 0. The summed E-state index contributed by atoms with van der Waals surface area (Å²) in [5.74, 6) is 1.23. The van der Waals surface area contributed by atoms with Crippen LogP contribution in [0.4, 0.5) is 0 Å². The summed E-state index contributed by atoms with van der Waals surface area (Å²) in [6, 6.07) is 0.603. The molecule has 2 aliphatic heterocycles. The summed E-state index contributed by atoms with van der Waals surface area (Å²) in [7, 11) is 0. The molecule has 2 heteroatoms. The molecule has 1 amide bonds. The molecular formula is C9H15NO. The maximum Gasteiger partial charge on any atom is 0.222 e. The number of amides is 1. The molecule has 2 rings (SSSR count). The van der Waals surface area contributed by atoms with Crippen molar-refractivity contribution in [3.05, 3.63) is 0 Å². The topological polar surface area (TPSA) is 20.3 Å². The van der Waals surface area contributed by atoms with E-state index in [1.54, 1.807) is 0 Å². The van der Waals surface area contributed by atoms with E-state index in [1.807, 2.05) is 0 Å². The van der Waals surface area contributed by atoms with Crippen LogP contribution in [-0.2, 0) is 4.79 Å². The molecule has 0 N–H and O–H groups in total. The van der Waals surface area contributed by atoms with Gasteiger partial charge in [-0.15, -0.1) is 0 Å². The van der Waals surface area contributed by atoms with Crippen molar-refractivity contribution in [1.82, 2.24) is 4.90 Å². The fourth-order valence-electron chi connectivity index (χ4n) is 2.29. The van der Waals surface area contributed by atoms with Crippen molar-refractivity contribution >= 4 is 5.91 Å². The number of carbonyl (C=O) groups excluding carboxylic acids is 1. The highest BCUT2D eigenvalue weighted by atomic mass is 16.2. The van der Waals surface area contributed by atoms with E-state index in [0.717, 1.165) is 25.3 Å². The van der Waals surface area contributed by atoms with Gasteiger partial charge in [0.15, 0.2) is 0 Å². The van der Waals surface area contributed by atoms with Crippen molar-refractivity contribution in [1.29, 1.82) is 0 Å². The monoisotopic (exact) mass is 153 g/mol. The third-order valence-electron chi connectivity index (χ3n) is 2.99. The number of nitrogens with zero attached hydrogens (tertiary/aromatic N) is 1. The summed E-state index contributed by atoms with van der Waals surface area (Å²) >= 11 is 0. The molecule has 2 unspecified atom stereocenters. The average molecular weight is 153 g/mol. The van der Waals surface area contributed by atoms with Crippen molar-refractivity contribution in [3.8, 4) is 0 Å². The largest absolute Gasteiger partial charge is 0.340 e. The molecule has 2 saturated heterocycles. The van der Waals surface area contributed by atoms with Crippen molar-refractivity contribution in [2.24, 2.45) is 5.92 Å². The lowest BCUT2D eigenvalue weighted by Crippen LogP contribution is -2.39. The van der Waals surface area contributed by atoms with E-state index < -0.39 is 0 Å². The molecule has 0 bridgehead atoms. The van der Waals surface area contributed by atoms with Crippen LogP contribution >= 0.6 is 0 Å². The molecule has 0 saturated carbocycles. The Bertz CT molecular complexity index is 178. The Morgan fingerprint density at radius 3 is 3.09 bits per heavy atom. The zero-order valence-corrected chi connectivity index (χ0v) is 7.05. The van der Waals surface area contributed by atoms with Crippen LogP contribution in [0.5, 0.6) is 0 Å². The van der Waals surface area contributed by atoms with Crippen LogP contribution < -0.4 is 0 Å². The van der Waals surface area contributed by atoms with Gasteiger partial charge in [0.2, 0.25) is 5.91 Å². The molecule has 2 nitrogen and oxygen atoms in total. The maximum atomic E-state index is 11.2. The lowest BCUT2D eigenvalue weighted by Gasteiger charge is -2.33. The van der Waals surface area contributed by atoms with Gasteiger partial charge in [0.1, 0.15) is 0 Å². The minimum absolute atomic E-state index is 0.391. The zero-order valence-electron chi connectivity index (χ0n) is 7.05. The summed E-state index contributed by atoms with van der Waals surface area (Å²) < 4.78 is 0. The van der Waals surface area contributed by atoms with Gasteiger partial charge in [-0.3, -0.25) is 4.79 Å². The minimum atomic E-state index is 0.391. The molecule has 0 aromatic rings. The van der Waals surface area contributed by atoms with Gasteiger partial charge in [0, 0.05) is 19.0 Å². The first-order valence-electron chi connectivity index (χ1n) is 4.57. The number of rotatable bonds is 0. The molecule has 2 fully saturated rings. The van der Waals surface area contributed by atoms with Crippen molar-refractivity contribution in [2.45, 2.75) is 38.6 Å². The molecule has 0 aliphatic carbocycles. The van der Waals surface area contributed by atoms with Crippen LogP contribution in [0.1, 0.15) is 32.6 Å². The SMILES string of the molecule is CC1CCN2C(=O)CCC2C1. The highest BCUT2D eigenvalue weighted by molar-refractivity contribution is 5.78.